The van der Waals surface area contributed by atoms with Gasteiger partial charge in [-0.2, -0.15) is 0 Å². The molecule has 7 nitrogen and oxygen atoms in total. The summed E-state index contributed by atoms with van der Waals surface area (Å²) in [4.78, 5) is 0.0930. The Morgan fingerprint density at radius 2 is 1.91 bits per heavy atom. The molecule has 22 heavy (non-hydrogen) atoms. The van der Waals surface area contributed by atoms with Crippen molar-refractivity contribution in [3.8, 4) is 11.5 Å². The van der Waals surface area contributed by atoms with Gasteiger partial charge in [0.15, 0.2) is 11.5 Å². The SMILES string of the molecule is O=S(=O)(N[C@H]1CCOC[C@@H]1O)c1ccc2c(c1)OCCCO2. The van der Waals surface area contributed by atoms with E-state index in [0.717, 1.165) is 6.42 Å². The highest BCUT2D eigenvalue weighted by Crippen LogP contribution is 2.32. The molecule has 1 fully saturated rings. The average Bonchev–Trinajstić information content (AvgIpc) is 2.74. The summed E-state index contributed by atoms with van der Waals surface area (Å²) in [5.74, 6) is 0.968. The first-order valence-corrected chi connectivity index (χ1v) is 8.72. The molecule has 3 rings (SSSR count). The van der Waals surface area contributed by atoms with Gasteiger partial charge in [0, 0.05) is 19.1 Å². The number of hydrogen-bond acceptors (Lipinski definition) is 6. The van der Waals surface area contributed by atoms with Crippen molar-refractivity contribution in [2.75, 3.05) is 26.4 Å². The van der Waals surface area contributed by atoms with Crippen molar-refractivity contribution >= 4 is 10.0 Å². The zero-order valence-corrected chi connectivity index (χ0v) is 12.8. The monoisotopic (exact) mass is 329 g/mol. The maximum Gasteiger partial charge on any atom is 0.241 e. The van der Waals surface area contributed by atoms with Gasteiger partial charge in [-0.05, 0) is 18.6 Å². The van der Waals surface area contributed by atoms with Gasteiger partial charge in [0.2, 0.25) is 10.0 Å². The summed E-state index contributed by atoms with van der Waals surface area (Å²) in [7, 11) is -3.74. The van der Waals surface area contributed by atoms with E-state index in [1.54, 1.807) is 6.07 Å². The number of benzene rings is 1. The third-order valence-corrected chi connectivity index (χ3v) is 5.15. The Labute approximate surface area is 129 Å². The van der Waals surface area contributed by atoms with Crippen LogP contribution in [0.4, 0.5) is 0 Å². The number of aliphatic hydroxyl groups is 1. The zero-order valence-electron chi connectivity index (χ0n) is 12.0. The fourth-order valence-corrected chi connectivity index (χ4v) is 3.76. The van der Waals surface area contributed by atoms with Gasteiger partial charge in [-0.25, -0.2) is 13.1 Å². The van der Waals surface area contributed by atoms with E-state index >= 15 is 0 Å². The summed E-state index contributed by atoms with van der Waals surface area (Å²) in [6, 6.07) is 3.97. The molecule has 0 amide bonds. The van der Waals surface area contributed by atoms with E-state index in [1.165, 1.54) is 12.1 Å². The van der Waals surface area contributed by atoms with Crippen LogP contribution in [0.15, 0.2) is 23.1 Å². The van der Waals surface area contributed by atoms with Crippen LogP contribution in [0.1, 0.15) is 12.8 Å². The van der Waals surface area contributed by atoms with Crippen LogP contribution in [0, 0.1) is 0 Å². The number of fused-ring (bicyclic) bond motifs is 1. The van der Waals surface area contributed by atoms with E-state index in [2.05, 4.69) is 4.72 Å². The zero-order chi connectivity index (χ0) is 15.6. The first-order valence-electron chi connectivity index (χ1n) is 7.24. The molecule has 1 aromatic rings. The Morgan fingerprint density at radius 3 is 2.68 bits per heavy atom. The lowest BCUT2D eigenvalue weighted by Gasteiger charge is -2.28. The van der Waals surface area contributed by atoms with Gasteiger partial charge < -0.3 is 19.3 Å². The molecule has 2 atom stereocenters. The van der Waals surface area contributed by atoms with E-state index in [-0.39, 0.29) is 11.5 Å². The van der Waals surface area contributed by atoms with Gasteiger partial charge in [0.1, 0.15) is 0 Å². The van der Waals surface area contributed by atoms with E-state index in [1.807, 2.05) is 0 Å². The molecule has 8 heteroatoms. The van der Waals surface area contributed by atoms with Crippen molar-refractivity contribution in [1.82, 2.24) is 4.72 Å². The molecule has 122 valence electrons. The Hall–Kier alpha value is -1.35. The van der Waals surface area contributed by atoms with Crippen molar-refractivity contribution in [3.63, 3.8) is 0 Å². The second-order valence-electron chi connectivity index (χ2n) is 5.32. The van der Waals surface area contributed by atoms with Crippen LogP contribution in [0.25, 0.3) is 0 Å². The molecule has 1 saturated heterocycles. The molecule has 0 spiro atoms. The highest BCUT2D eigenvalue weighted by atomic mass is 32.2. The van der Waals surface area contributed by atoms with E-state index in [9.17, 15) is 13.5 Å². The van der Waals surface area contributed by atoms with E-state index in [0.29, 0.717) is 37.7 Å². The second kappa shape index (κ2) is 6.41. The molecule has 0 radical (unpaired) electrons. The van der Waals surface area contributed by atoms with Crippen LogP contribution in [0.3, 0.4) is 0 Å². The van der Waals surface area contributed by atoms with Crippen LogP contribution < -0.4 is 14.2 Å². The van der Waals surface area contributed by atoms with Crippen molar-refractivity contribution < 1.29 is 27.7 Å². The lowest BCUT2D eigenvalue weighted by Crippen LogP contribution is -2.48. The van der Waals surface area contributed by atoms with Gasteiger partial charge >= 0.3 is 0 Å². The van der Waals surface area contributed by atoms with Gasteiger partial charge in [-0.3, -0.25) is 0 Å². The highest BCUT2D eigenvalue weighted by Gasteiger charge is 2.29. The maximum atomic E-state index is 12.5. The van der Waals surface area contributed by atoms with E-state index < -0.39 is 22.2 Å². The normalized spacial score (nSPS) is 25.5. The Balaban J connectivity index is 1.81. The predicted molar refractivity (Wildman–Crippen MR) is 77.6 cm³/mol. The smallest absolute Gasteiger partial charge is 0.241 e. The molecule has 2 N–H and O–H groups in total. The molecular weight excluding hydrogens is 310 g/mol. The maximum absolute atomic E-state index is 12.5. The Kier molecular flexibility index (Phi) is 4.53. The lowest BCUT2D eigenvalue weighted by molar-refractivity contribution is -0.0222. The number of aliphatic hydroxyl groups excluding tert-OH is 1. The second-order valence-corrected chi connectivity index (χ2v) is 7.03. The summed E-state index contributed by atoms with van der Waals surface area (Å²) < 4.78 is 43.5. The van der Waals surface area contributed by atoms with Crippen LogP contribution in [0.5, 0.6) is 11.5 Å². The molecule has 2 heterocycles. The number of hydrogen-bond donors (Lipinski definition) is 2. The molecule has 0 aromatic heterocycles. The molecule has 1 aromatic carbocycles. The number of nitrogens with one attached hydrogen (secondary N) is 1. The first kappa shape index (κ1) is 15.5. The molecular formula is C14H19NO6S. The summed E-state index contributed by atoms with van der Waals surface area (Å²) >= 11 is 0. The lowest BCUT2D eigenvalue weighted by atomic mass is 10.1. The quantitative estimate of drug-likeness (QED) is 0.827. The van der Waals surface area contributed by atoms with Gasteiger partial charge in [-0.15, -0.1) is 0 Å². The van der Waals surface area contributed by atoms with E-state index in [4.69, 9.17) is 14.2 Å². The fraction of sp³-hybridized carbons (Fsp3) is 0.571. The molecule has 0 saturated carbocycles. The van der Waals surface area contributed by atoms with Gasteiger partial charge in [0.05, 0.1) is 36.9 Å². The summed E-state index contributed by atoms with van der Waals surface area (Å²) in [5.41, 5.74) is 0. The largest absolute Gasteiger partial charge is 0.490 e. The average molecular weight is 329 g/mol. The minimum Gasteiger partial charge on any atom is -0.490 e. The van der Waals surface area contributed by atoms with Gasteiger partial charge in [0.25, 0.3) is 0 Å². The minimum atomic E-state index is -3.74. The van der Waals surface area contributed by atoms with Crippen molar-refractivity contribution in [3.05, 3.63) is 18.2 Å². The summed E-state index contributed by atoms with van der Waals surface area (Å²) in [6.45, 7) is 1.59. The van der Waals surface area contributed by atoms with Crippen molar-refractivity contribution in [2.45, 2.75) is 29.9 Å². The topological polar surface area (TPSA) is 94.1 Å². The van der Waals surface area contributed by atoms with Crippen LogP contribution in [-0.2, 0) is 14.8 Å². The third kappa shape index (κ3) is 3.35. The molecule has 2 aliphatic heterocycles. The molecule has 2 aliphatic rings. The Bertz CT molecular complexity index is 632. The number of rotatable bonds is 3. The number of sulfonamides is 1. The van der Waals surface area contributed by atoms with Crippen LogP contribution in [0.2, 0.25) is 0 Å². The minimum absolute atomic E-state index is 0.0930. The van der Waals surface area contributed by atoms with Crippen LogP contribution >= 0.6 is 0 Å². The Morgan fingerprint density at radius 1 is 1.14 bits per heavy atom. The predicted octanol–water partition coefficient (Wildman–Crippen LogP) is 0.276. The molecule has 0 aliphatic carbocycles. The molecule has 0 unspecified atom stereocenters. The fourth-order valence-electron chi connectivity index (χ4n) is 2.44. The third-order valence-electron chi connectivity index (χ3n) is 3.66. The first-order chi connectivity index (χ1) is 10.6. The standard InChI is InChI=1S/C14H19NO6S/c16-12-9-19-7-4-11(12)15-22(17,18)10-2-3-13-14(8-10)21-6-1-5-20-13/h2-3,8,11-12,15-16H,1,4-7,9H2/t11-,12-/m0/s1. The van der Waals surface area contributed by atoms with Crippen LogP contribution in [-0.4, -0.2) is 52.1 Å². The number of ether oxygens (including phenoxy) is 3. The van der Waals surface area contributed by atoms with Gasteiger partial charge in [-0.1, -0.05) is 0 Å². The van der Waals surface area contributed by atoms with Crippen molar-refractivity contribution in [1.29, 1.82) is 0 Å². The summed E-state index contributed by atoms with van der Waals surface area (Å²) in [5, 5.41) is 9.81. The summed E-state index contributed by atoms with van der Waals surface area (Å²) in [6.07, 6.45) is 0.345. The highest BCUT2D eigenvalue weighted by molar-refractivity contribution is 7.89. The van der Waals surface area contributed by atoms with Crippen molar-refractivity contribution in [2.24, 2.45) is 0 Å². The molecule has 0 bridgehead atoms.